The Morgan fingerprint density at radius 1 is 0.855 bits per heavy atom. The predicted octanol–water partition coefficient (Wildman–Crippen LogP) is 8.27. The lowest BCUT2D eigenvalue weighted by atomic mass is 9.91. The molecule has 2 aromatic carbocycles. The summed E-state index contributed by atoms with van der Waals surface area (Å²) >= 11 is 1.15. The van der Waals surface area contributed by atoms with Crippen LogP contribution in [0.5, 0.6) is 11.6 Å². The van der Waals surface area contributed by atoms with Gasteiger partial charge in [-0.05, 0) is 106 Å². The van der Waals surface area contributed by atoms with Gasteiger partial charge in [-0.25, -0.2) is 18.7 Å². The van der Waals surface area contributed by atoms with E-state index in [2.05, 4.69) is 62.4 Å². The monoisotopic (exact) mass is 1160 g/mol. The van der Waals surface area contributed by atoms with Crippen LogP contribution in [0.2, 0.25) is 0 Å². The summed E-state index contributed by atoms with van der Waals surface area (Å²) in [6.45, 7) is 13.4. The summed E-state index contributed by atoms with van der Waals surface area (Å²) in [6, 6.07) is 16.3. The minimum absolute atomic E-state index is 0.0238. The maximum atomic E-state index is 15.3. The Balaban J connectivity index is 0.569. The smallest absolute Gasteiger partial charge is 0.243 e. The van der Waals surface area contributed by atoms with Gasteiger partial charge in [0, 0.05) is 113 Å². The second kappa shape index (κ2) is 23.9. The van der Waals surface area contributed by atoms with Crippen molar-refractivity contribution in [3.05, 3.63) is 101 Å². The highest BCUT2D eigenvalue weighted by atomic mass is 32.1. The number of thiazole rings is 1. The van der Waals surface area contributed by atoms with Gasteiger partial charge in [0.05, 0.1) is 57.4 Å². The summed E-state index contributed by atoms with van der Waals surface area (Å²) in [5.74, 6) is -0.563. The lowest BCUT2D eigenvalue weighted by Crippen LogP contribution is -2.54. The summed E-state index contributed by atoms with van der Waals surface area (Å²) in [6.07, 6.45) is 9.30. The van der Waals surface area contributed by atoms with Gasteiger partial charge in [0.15, 0.2) is 17.4 Å². The van der Waals surface area contributed by atoms with Gasteiger partial charge < -0.3 is 59.8 Å². The van der Waals surface area contributed by atoms with Crippen LogP contribution in [-0.2, 0) is 14.3 Å². The van der Waals surface area contributed by atoms with E-state index in [0.29, 0.717) is 51.0 Å². The zero-order chi connectivity index (χ0) is 57.6. The van der Waals surface area contributed by atoms with Gasteiger partial charge >= 0.3 is 0 Å². The van der Waals surface area contributed by atoms with Gasteiger partial charge in [0.2, 0.25) is 17.7 Å². The third-order valence-electron chi connectivity index (χ3n) is 18.0. The largest absolute Gasteiger partial charge is 0.507 e. The number of β-amino-alcohol motifs (C(OH)–C–C–N with tert-alkyl or cyclic N) is 1. The second-order valence-electron chi connectivity index (χ2n) is 24.0. The van der Waals surface area contributed by atoms with Crippen LogP contribution >= 0.6 is 11.3 Å². The molecule has 440 valence electrons. The number of phenolic OH excluding ortho intramolecular Hbond substituents is 1. The maximum Gasteiger partial charge on any atom is 0.243 e. The summed E-state index contributed by atoms with van der Waals surface area (Å²) in [5.41, 5.74) is 11.7. The number of para-hydroxylation sites is 1. The van der Waals surface area contributed by atoms with Crippen molar-refractivity contribution in [1.82, 2.24) is 40.4 Å². The number of rotatable bonds is 17. The van der Waals surface area contributed by atoms with Crippen LogP contribution in [-0.4, -0.2) is 152 Å². The number of fused-ring (bicyclic) bond motifs is 2. The van der Waals surface area contributed by atoms with Crippen molar-refractivity contribution in [2.75, 3.05) is 72.8 Å². The second-order valence-corrected chi connectivity index (χ2v) is 24.9. The SMILES string of the molecule is Cc1ncsc1-c1c(F)cc([C@H](C)NC(=O)[C@@H]2C[C@@H](O)CN2C(=O)[C@@H](c2cc(N3CCC(CN4CCC(OC5CC(Oc6cc(N7C8CCC7CN(c7cc(-c9ccccc9O)nnc7N)C8)ccn6)C5)CC4)CC3)no2)C(C)C)cc1F. The number of anilines is 4. The number of halogens is 2. The first-order valence-electron chi connectivity index (χ1n) is 29.5. The number of piperidine rings is 2. The number of aromatic hydroxyl groups is 1. The Bertz CT molecular complexity index is 3250. The molecule has 6 atom stereocenters. The van der Waals surface area contributed by atoms with Crippen molar-refractivity contribution in [1.29, 1.82) is 0 Å². The number of nitrogens with zero attached hydrogens (tertiary/aromatic N) is 10. The molecule has 2 unspecified atom stereocenters. The minimum atomic E-state index is -0.995. The molecule has 2 bridgehead atoms. The average molecular weight is 1160 g/mol. The van der Waals surface area contributed by atoms with Crippen LogP contribution < -0.4 is 30.5 Å². The van der Waals surface area contributed by atoms with Crippen molar-refractivity contribution in [2.45, 2.75) is 140 Å². The number of nitrogen functional groups attached to an aromatic ring is 1. The van der Waals surface area contributed by atoms with E-state index in [0.717, 1.165) is 120 Å². The summed E-state index contributed by atoms with van der Waals surface area (Å²) in [4.78, 5) is 48.4. The molecule has 2 amide bonds. The van der Waals surface area contributed by atoms with Crippen molar-refractivity contribution in [3.63, 3.8) is 0 Å². The summed E-state index contributed by atoms with van der Waals surface area (Å²) in [7, 11) is 0. The number of nitrogens with one attached hydrogen (secondary N) is 1. The topological polar surface area (TPSA) is 225 Å². The molecule has 6 fully saturated rings. The lowest BCUT2D eigenvalue weighted by molar-refractivity contribution is -0.141. The number of hydrogen-bond acceptors (Lipinski definition) is 18. The molecule has 6 aliphatic rings. The van der Waals surface area contributed by atoms with Crippen molar-refractivity contribution in [2.24, 2.45) is 11.8 Å². The van der Waals surface area contributed by atoms with Crippen molar-refractivity contribution in [3.8, 4) is 33.3 Å². The molecule has 5 N–H and O–H groups in total. The van der Waals surface area contributed by atoms with Gasteiger partial charge in [-0.15, -0.1) is 21.5 Å². The fourth-order valence-corrected chi connectivity index (χ4v) is 14.4. The molecule has 12 rings (SSSR count). The van der Waals surface area contributed by atoms with E-state index in [9.17, 15) is 19.8 Å². The Morgan fingerprint density at radius 2 is 1.59 bits per heavy atom. The number of piperazine rings is 1. The number of carbonyl (C=O) groups is 2. The molecule has 1 aliphatic carbocycles. The molecule has 4 aromatic heterocycles. The van der Waals surface area contributed by atoms with Crippen LogP contribution in [0, 0.1) is 30.4 Å². The third kappa shape index (κ3) is 11.9. The van der Waals surface area contributed by atoms with Crippen LogP contribution in [0.15, 0.2) is 76.9 Å². The number of nitrogens with two attached hydrogens (primary N) is 1. The van der Waals surface area contributed by atoms with Crippen LogP contribution in [0.25, 0.3) is 21.7 Å². The zero-order valence-electron chi connectivity index (χ0n) is 47.4. The van der Waals surface area contributed by atoms with Gasteiger partial charge in [0.25, 0.3) is 0 Å². The van der Waals surface area contributed by atoms with Crippen LogP contribution in [0.1, 0.15) is 108 Å². The fraction of sp³-hybridized carbons (Fsp3) is 0.525. The highest BCUT2D eigenvalue weighted by molar-refractivity contribution is 7.13. The number of benzene rings is 2. The number of aliphatic hydroxyl groups excluding tert-OH is 1. The van der Waals surface area contributed by atoms with E-state index in [4.69, 9.17) is 19.7 Å². The molecule has 5 saturated heterocycles. The number of aryl methyl sites for hydroxylation is 1. The molecule has 1 saturated carbocycles. The first-order valence-corrected chi connectivity index (χ1v) is 30.3. The average Bonchev–Trinajstić information content (AvgIpc) is 4.49. The van der Waals surface area contributed by atoms with E-state index >= 15 is 8.78 Å². The Kier molecular flexibility index (Phi) is 16.3. The Morgan fingerprint density at radius 3 is 2.29 bits per heavy atom. The van der Waals surface area contributed by atoms with E-state index in [1.807, 2.05) is 44.3 Å². The number of carbonyl (C=O) groups excluding carboxylic acids is 2. The third-order valence-corrected chi connectivity index (χ3v) is 19.0. The molecule has 0 radical (unpaired) electrons. The van der Waals surface area contributed by atoms with Crippen molar-refractivity contribution < 1.29 is 42.6 Å². The number of hydrogen-bond donors (Lipinski definition) is 4. The van der Waals surface area contributed by atoms with Gasteiger partial charge in [-0.1, -0.05) is 31.1 Å². The molecular formula is C61H74F2N12O7S. The van der Waals surface area contributed by atoms with E-state index in [-0.39, 0.29) is 72.1 Å². The maximum absolute atomic E-state index is 15.3. The van der Waals surface area contributed by atoms with E-state index in [1.54, 1.807) is 26.0 Å². The fourth-order valence-electron chi connectivity index (χ4n) is 13.5. The highest BCUT2D eigenvalue weighted by Gasteiger charge is 2.45. The molecule has 19 nitrogen and oxygen atoms in total. The number of pyridine rings is 1. The molecular weight excluding hydrogens is 1080 g/mol. The number of aromatic nitrogens is 5. The number of amides is 2. The molecule has 0 spiro atoms. The number of ether oxygens (including phenoxy) is 2. The van der Waals surface area contributed by atoms with Gasteiger partial charge in [-0.2, -0.15) is 0 Å². The predicted molar refractivity (Wildman–Crippen MR) is 311 cm³/mol. The summed E-state index contributed by atoms with van der Waals surface area (Å²) < 4.78 is 49.6. The van der Waals surface area contributed by atoms with Crippen LogP contribution in [0.3, 0.4) is 0 Å². The summed E-state index contributed by atoms with van der Waals surface area (Å²) in [5, 5.41) is 37.1. The first-order chi connectivity index (χ1) is 40.1. The molecule has 83 heavy (non-hydrogen) atoms. The Labute approximate surface area is 486 Å². The van der Waals surface area contributed by atoms with Crippen LogP contribution in [0.4, 0.5) is 31.8 Å². The molecule has 22 heteroatoms. The quantitative estimate of drug-likeness (QED) is 0.0674. The molecule has 6 aromatic rings. The standard InChI is InChI=1S/C61H74F2N12O7S/c1-34(2)56(61(79)74-32-42(76)24-51(74)60(78)67-35(3)38-21-47(62)57(48(63)22-38)58-36(4)66-33-83-58)53-28-54(70-82-53)72-19-12-37(13-20-72)29-71-17-14-43(15-18-71)80-44-25-45(26-44)81-55-23-39(11-16-65-55)75-40-9-10-41(75)31-73(30-40)50-27-49(68-69-59(50)64)46-7-5-6-8-52(46)77/h5-8,11,16,21-23,27-28,33-35,37,40-45,51,56,76-77H,9-10,12-15,17-20,24-26,29-32H2,1-4H3,(H2,64,69)(H,67,78)/t35-,40?,41?,42+,44?,45?,51-,56+/m0/s1. The van der Waals surface area contributed by atoms with Gasteiger partial charge in [0.1, 0.15) is 35.4 Å². The zero-order valence-corrected chi connectivity index (χ0v) is 48.3. The first kappa shape index (κ1) is 56.5. The van der Waals surface area contributed by atoms with E-state index in [1.165, 1.54) is 22.5 Å². The molecule has 5 aliphatic heterocycles. The number of likely N-dealkylation sites (tertiary alicyclic amines) is 2. The minimum Gasteiger partial charge on any atom is -0.507 e. The number of phenols is 1. The van der Waals surface area contributed by atoms with Gasteiger partial charge in [-0.3, -0.25) is 9.59 Å². The van der Waals surface area contributed by atoms with Crippen molar-refractivity contribution >= 4 is 46.2 Å². The lowest BCUT2D eigenvalue weighted by Gasteiger charge is -2.43. The number of aliphatic hydroxyl groups is 1. The van der Waals surface area contributed by atoms with E-state index < -0.39 is 41.6 Å². The Hall–Kier alpha value is -7.01. The normalized spacial score (nSPS) is 24.1. The highest BCUT2D eigenvalue weighted by Crippen LogP contribution is 2.42. The molecule has 9 heterocycles.